The van der Waals surface area contributed by atoms with Crippen molar-refractivity contribution < 1.29 is 0 Å². The van der Waals surface area contributed by atoms with E-state index in [0.717, 1.165) is 11.4 Å². The van der Waals surface area contributed by atoms with Gasteiger partial charge in [-0.25, -0.2) is 0 Å². The van der Waals surface area contributed by atoms with Crippen LogP contribution in [0.3, 0.4) is 0 Å². The maximum absolute atomic E-state index is 5.50. The van der Waals surface area contributed by atoms with Crippen LogP contribution in [0.2, 0.25) is 0 Å². The number of nitrogens with zero attached hydrogens (tertiary/aromatic N) is 2. The van der Waals surface area contributed by atoms with Crippen molar-refractivity contribution in [3.05, 3.63) is 11.9 Å². The summed E-state index contributed by atoms with van der Waals surface area (Å²) in [5.41, 5.74) is 7.20. The van der Waals surface area contributed by atoms with Crippen molar-refractivity contribution in [2.75, 3.05) is 5.73 Å². The maximum Gasteiger partial charge on any atom is 0.0838 e. The minimum Gasteiger partial charge on any atom is -0.396 e. The average Bonchev–Trinajstić information content (AvgIpc) is 2.15. The van der Waals surface area contributed by atoms with E-state index in [-0.39, 0.29) is 0 Å². The molecule has 2 N–H and O–H groups in total. The van der Waals surface area contributed by atoms with Crippen LogP contribution in [0, 0.1) is 6.92 Å². The summed E-state index contributed by atoms with van der Waals surface area (Å²) >= 11 is 4.04. The van der Waals surface area contributed by atoms with Gasteiger partial charge in [-0.2, -0.15) is 17.7 Å². The number of rotatable bonds is 1. The summed E-state index contributed by atoms with van der Waals surface area (Å²) in [5, 5.41) is 3.95. The van der Waals surface area contributed by atoms with Gasteiger partial charge in [0.25, 0.3) is 0 Å². The van der Waals surface area contributed by atoms with Gasteiger partial charge in [0, 0.05) is 0 Å². The van der Waals surface area contributed by atoms with Crippen LogP contribution in [-0.2, 0) is 5.88 Å². The number of nitrogens with two attached hydrogens (primary N) is 1. The second kappa shape index (κ2) is 2.31. The molecule has 1 aromatic heterocycles. The SMILES string of the molecule is Cc1c(N)cnn1CS. The summed E-state index contributed by atoms with van der Waals surface area (Å²) in [6.07, 6.45) is 1.63. The fraction of sp³-hybridized carbons (Fsp3) is 0.400. The van der Waals surface area contributed by atoms with Gasteiger partial charge in [-0.05, 0) is 6.92 Å². The third kappa shape index (κ3) is 1.03. The molecule has 0 aliphatic carbocycles. The highest BCUT2D eigenvalue weighted by molar-refractivity contribution is 7.79. The van der Waals surface area contributed by atoms with Crippen LogP contribution in [0.1, 0.15) is 5.69 Å². The molecule has 0 amide bonds. The molecule has 0 aliphatic heterocycles. The Morgan fingerprint density at radius 3 is 2.78 bits per heavy atom. The lowest BCUT2D eigenvalue weighted by molar-refractivity contribution is 0.728. The standard InChI is InChI=1S/C5H9N3S/c1-4-5(6)2-7-8(4)3-9/h2,9H,3,6H2,1H3. The van der Waals surface area contributed by atoms with Crippen LogP contribution in [-0.4, -0.2) is 9.78 Å². The van der Waals surface area contributed by atoms with E-state index in [9.17, 15) is 0 Å². The summed E-state index contributed by atoms with van der Waals surface area (Å²) < 4.78 is 1.73. The number of nitrogen functional groups attached to an aromatic ring is 1. The molecule has 9 heavy (non-hydrogen) atoms. The zero-order valence-electron chi connectivity index (χ0n) is 5.20. The van der Waals surface area contributed by atoms with Gasteiger partial charge < -0.3 is 5.73 Å². The van der Waals surface area contributed by atoms with Gasteiger partial charge in [-0.1, -0.05) is 0 Å². The quantitative estimate of drug-likeness (QED) is 0.567. The zero-order chi connectivity index (χ0) is 6.85. The smallest absolute Gasteiger partial charge is 0.0838 e. The number of thiol groups is 1. The predicted molar refractivity (Wildman–Crippen MR) is 40.4 cm³/mol. The first-order valence-corrected chi connectivity index (χ1v) is 3.27. The Kier molecular flexibility index (Phi) is 1.66. The molecule has 0 bridgehead atoms. The summed E-state index contributed by atoms with van der Waals surface area (Å²) in [4.78, 5) is 0. The summed E-state index contributed by atoms with van der Waals surface area (Å²) in [5.74, 6) is 0.586. The van der Waals surface area contributed by atoms with E-state index in [1.807, 2.05) is 6.92 Å². The van der Waals surface area contributed by atoms with Crippen LogP contribution in [0.4, 0.5) is 5.69 Å². The topological polar surface area (TPSA) is 43.8 Å². The summed E-state index contributed by atoms with van der Waals surface area (Å²) in [7, 11) is 0. The highest BCUT2D eigenvalue weighted by Gasteiger charge is 1.98. The van der Waals surface area contributed by atoms with E-state index in [1.54, 1.807) is 10.9 Å². The molecule has 0 fully saturated rings. The van der Waals surface area contributed by atoms with Crippen molar-refractivity contribution in [2.45, 2.75) is 12.8 Å². The van der Waals surface area contributed by atoms with Crippen molar-refractivity contribution in [3.8, 4) is 0 Å². The Morgan fingerprint density at radius 2 is 2.56 bits per heavy atom. The van der Waals surface area contributed by atoms with Crippen LogP contribution in [0.25, 0.3) is 0 Å². The molecule has 0 atom stereocenters. The van der Waals surface area contributed by atoms with Gasteiger partial charge in [0.1, 0.15) is 0 Å². The average molecular weight is 143 g/mol. The Hall–Kier alpha value is -0.640. The Morgan fingerprint density at radius 1 is 1.89 bits per heavy atom. The number of anilines is 1. The minimum atomic E-state index is 0.586. The lowest BCUT2D eigenvalue weighted by atomic mass is 10.4. The molecule has 1 heterocycles. The third-order valence-corrected chi connectivity index (χ3v) is 1.54. The Bertz CT molecular complexity index is 206. The van der Waals surface area contributed by atoms with E-state index in [1.165, 1.54) is 0 Å². The molecule has 0 aliphatic rings. The highest BCUT2D eigenvalue weighted by Crippen LogP contribution is 2.07. The molecule has 0 aromatic carbocycles. The van der Waals surface area contributed by atoms with Crippen LogP contribution < -0.4 is 5.73 Å². The van der Waals surface area contributed by atoms with E-state index in [0.29, 0.717) is 5.88 Å². The second-order valence-electron chi connectivity index (χ2n) is 1.83. The Balaban J connectivity index is 3.04. The third-order valence-electron chi connectivity index (χ3n) is 1.28. The van der Waals surface area contributed by atoms with E-state index in [4.69, 9.17) is 5.73 Å². The molecule has 0 spiro atoms. The van der Waals surface area contributed by atoms with Crippen LogP contribution in [0.5, 0.6) is 0 Å². The van der Waals surface area contributed by atoms with Gasteiger partial charge in [-0.3, -0.25) is 4.68 Å². The lowest BCUT2D eigenvalue weighted by Gasteiger charge is -1.96. The molecule has 3 nitrogen and oxygen atoms in total. The number of hydrogen-bond acceptors (Lipinski definition) is 3. The molecule has 0 saturated heterocycles. The van der Waals surface area contributed by atoms with Gasteiger partial charge in [0.05, 0.1) is 23.5 Å². The molecule has 1 rings (SSSR count). The van der Waals surface area contributed by atoms with Crippen molar-refractivity contribution in [3.63, 3.8) is 0 Å². The first-order valence-electron chi connectivity index (χ1n) is 2.64. The minimum absolute atomic E-state index is 0.586. The monoisotopic (exact) mass is 143 g/mol. The molecule has 1 aromatic rings. The first kappa shape index (κ1) is 6.48. The molecule has 0 saturated carbocycles. The maximum atomic E-state index is 5.50. The molecular weight excluding hydrogens is 134 g/mol. The molecule has 50 valence electrons. The zero-order valence-corrected chi connectivity index (χ0v) is 6.10. The first-order chi connectivity index (χ1) is 4.25. The summed E-state index contributed by atoms with van der Waals surface area (Å²) in [6.45, 7) is 1.92. The van der Waals surface area contributed by atoms with Gasteiger partial charge >= 0.3 is 0 Å². The van der Waals surface area contributed by atoms with Gasteiger partial charge in [-0.15, -0.1) is 0 Å². The van der Waals surface area contributed by atoms with E-state index >= 15 is 0 Å². The van der Waals surface area contributed by atoms with Gasteiger partial charge in [0.15, 0.2) is 0 Å². The van der Waals surface area contributed by atoms with Crippen molar-refractivity contribution in [1.82, 2.24) is 9.78 Å². The fourth-order valence-corrected chi connectivity index (χ4v) is 0.889. The Labute approximate surface area is 59.3 Å². The van der Waals surface area contributed by atoms with Crippen molar-refractivity contribution in [1.29, 1.82) is 0 Å². The number of hydrogen-bond donors (Lipinski definition) is 2. The number of aromatic nitrogens is 2. The fourth-order valence-electron chi connectivity index (χ4n) is 0.604. The van der Waals surface area contributed by atoms with E-state index in [2.05, 4.69) is 17.7 Å². The molecule has 0 unspecified atom stereocenters. The largest absolute Gasteiger partial charge is 0.396 e. The molecule has 0 radical (unpaired) electrons. The highest BCUT2D eigenvalue weighted by atomic mass is 32.1. The van der Waals surface area contributed by atoms with Gasteiger partial charge in [0.2, 0.25) is 0 Å². The van der Waals surface area contributed by atoms with Crippen LogP contribution in [0.15, 0.2) is 6.20 Å². The predicted octanol–water partition coefficient (Wildman–Crippen LogP) is 0.661. The van der Waals surface area contributed by atoms with Crippen molar-refractivity contribution in [2.24, 2.45) is 0 Å². The molecule has 4 heteroatoms. The van der Waals surface area contributed by atoms with E-state index < -0.39 is 0 Å². The lowest BCUT2D eigenvalue weighted by Crippen LogP contribution is -1.97. The van der Waals surface area contributed by atoms with Crippen molar-refractivity contribution >= 4 is 18.3 Å². The second-order valence-corrected chi connectivity index (χ2v) is 2.11. The molecular formula is C5H9N3S. The summed E-state index contributed by atoms with van der Waals surface area (Å²) in [6, 6.07) is 0. The van der Waals surface area contributed by atoms with Crippen LogP contribution >= 0.6 is 12.6 Å². The normalized spacial score (nSPS) is 10.0.